The lowest BCUT2D eigenvalue weighted by Crippen LogP contribution is -2.36. The number of rotatable bonds is 12. The van der Waals surface area contributed by atoms with Crippen molar-refractivity contribution in [1.82, 2.24) is 30.2 Å². The molecule has 5 heterocycles. The molecule has 9 atom stereocenters. The number of unbranched alkanes of at least 4 members (excludes halogenated alkanes) is 1. The van der Waals surface area contributed by atoms with Crippen molar-refractivity contribution in [2.45, 2.75) is 67.6 Å². The highest BCUT2D eigenvalue weighted by Crippen LogP contribution is 2.60. The molecule has 3 fully saturated rings. The number of aliphatic hydroxyl groups is 2. The Hall–Kier alpha value is -2.38. The van der Waals surface area contributed by atoms with Crippen molar-refractivity contribution in [2.75, 3.05) is 18.1 Å². The highest BCUT2D eigenvalue weighted by molar-refractivity contribution is 8.00. The van der Waals surface area contributed by atoms with Gasteiger partial charge in [0.15, 0.2) is 17.7 Å². The van der Waals surface area contributed by atoms with E-state index in [1.54, 1.807) is 11.8 Å². The Morgan fingerprint density at radius 2 is 1.95 bits per heavy atom. The zero-order valence-electron chi connectivity index (χ0n) is 21.7. The third-order valence-electron chi connectivity index (χ3n) is 6.88. The van der Waals surface area contributed by atoms with Gasteiger partial charge in [-0.25, -0.2) is 28.9 Å². The first kappa shape index (κ1) is 31.1. The van der Waals surface area contributed by atoms with Gasteiger partial charge in [-0.2, -0.15) is 16.1 Å². The second kappa shape index (κ2) is 12.3. The molecule has 2 aromatic rings. The normalized spacial score (nSPS) is 31.7. The summed E-state index contributed by atoms with van der Waals surface area (Å²) in [7, 11) is -10.7. The number of anilines is 1. The number of phosphoric ester groups is 2. The van der Waals surface area contributed by atoms with Gasteiger partial charge in [0.2, 0.25) is 0 Å². The number of amides is 2. The molecule has 19 nitrogen and oxygen atoms in total. The van der Waals surface area contributed by atoms with Crippen LogP contribution in [0.2, 0.25) is 0 Å². The Bertz CT molecular complexity index is 1430. The second-order valence-electron chi connectivity index (χ2n) is 9.77. The molecule has 0 spiro atoms. The molecule has 0 bridgehead atoms. The fourth-order valence-corrected chi connectivity index (χ4v) is 8.52. The smallest absolute Gasteiger partial charge is 0.387 e. The third kappa shape index (κ3) is 6.88. The number of phosphoric acid groups is 2. The Labute approximate surface area is 241 Å². The zero-order chi connectivity index (χ0) is 30.2. The van der Waals surface area contributed by atoms with Crippen LogP contribution in [0.4, 0.5) is 10.6 Å². The predicted molar refractivity (Wildman–Crippen MR) is 142 cm³/mol. The summed E-state index contributed by atoms with van der Waals surface area (Å²) in [6.45, 7) is -0.864. The fourth-order valence-electron chi connectivity index (χ4n) is 4.92. The van der Waals surface area contributed by atoms with E-state index in [2.05, 4.69) is 38.9 Å². The van der Waals surface area contributed by atoms with E-state index in [0.717, 1.165) is 12.1 Å². The Morgan fingerprint density at radius 1 is 1.17 bits per heavy atom. The van der Waals surface area contributed by atoms with E-state index in [9.17, 15) is 38.7 Å². The minimum atomic E-state index is -5.37. The number of carbonyl (C=O) groups excluding carboxylic acids is 2. The van der Waals surface area contributed by atoms with Crippen LogP contribution in [0.25, 0.3) is 11.2 Å². The number of hydrogen-bond acceptors (Lipinski definition) is 15. The van der Waals surface area contributed by atoms with Crippen LogP contribution < -0.4 is 16.4 Å². The number of carbonyl (C=O) groups is 2. The van der Waals surface area contributed by atoms with Crippen molar-refractivity contribution in [2.24, 2.45) is 0 Å². The lowest BCUT2D eigenvalue weighted by atomic mass is 10.0. The van der Waals surface area contributed by atoms with Crippen LogP contribution in [-0.4, -0.2) is 99.5 Å². The van der Waals surface area contributed by atoms with Gasteiger partial charge in [-0.1, -0.05) is 6.42 Å². The number of imidazole rings is 1. The highest BCUT2D eigenvalue weighted by atomic mass is 32.2. The molecule has 2 amide bonds. The molecule has 2 aromatic heterocycles. The van der Waals surface area contributed by atoms with Crippen LogP contribution in [-0.2, 0) is 32.0 Å². The first-order valence-corrected chi connectivity index (χ1v) is 16.7. The van der Waals surface area contributed by atoms with Gasteiger partial charge in [-0.15, -0.1) is 0 Å². The van der Waals surface area contributed by atoms with Gasteiger partial charge in [0.1, 0.15) is 30.2 Å². The molecule has 8 unspecified atom stereocenters. The maximum atomic E-state index is 12.3. The van der Waals surface area contributed by atoms with Crippen LogP contribution in [0, 0.1) is 0 Å². The van der Waals surface area contributed by atoms with Crippen molar-refractivity contribution in [1.29, 1.82) is 0 Å². The summed E-state index contributed by atoms with van der Waals surface area (Å²) >= 11 is 1.70. The molecule has 232 valence electrons. The van der Waals surface area contributed by atoms with Gasteiger partial charge in [0.25, 0.3) is 0 Å². The van der Waals surface area contributed by atoms with E-state index in [-0.39, 0.29) is 46.8 Å². The van der Waals surface area contributed by atoms with Crippen molar-refractivity contribution < 1.29 is 56.8 Å². The molecule has 3 aliphatic heterocycles. The summed E-state index contributed by atoms with van der Waals surface area (Å²) in [6, 6.07) is -0.141. The molecule has 0 saturated carbocycles. The summed E-state index contributed by atoms with van der Waals surface area (Å²) in [5.74, 6) is -0.283. The number of hydrogen-bond donors (Lipinski definition) is 7. The molecule has 8 N–H and O–H groups in total. The van der Waals surface area contributed by atoms with Crippen molar-refractivity contribution in [3.63, 3.8) is 0 Å². The summed E-state index contributed by atoms with van der Waals surface area (Å²) in [6.07, 6.45) is -2.13. The van der Waals surface area contributed by atoms with E-state index >= 15 is 0 Å². The maximum Gasteiger partial charge on any atom is 0.538 e. The standard InChI is InChI=1S/C20H29N7O12P2S/c21-17-14-18(23-7-22-17)27(8-24-14)19-16(30)15(29)10(37-19)5-36-40(32,33)39-41(34,35)38-12(28)4-2-1-3-11-13-9(6-42-11)25-20(31)26-13/h7-11,13,15-16,19,29-30H,1-6H2,(H,32,33)(H,34,35)(H2,21,22,23)(H2,25,26,31)/t9?,10?,11-,13?,15?,16?,19?/m0/s1. The number of nitrogens with one attached hydrogen (secondary N) is 2. The minimum Gasteiger partial charge on any atom is -0.387 e. The number of nitrogens with zero attached hydrogens (tertiary/aromatic N) is 4. The molecule has 22 heteroatoms. The van der Waals surface area contributed by atoms with Gasteiger partial charge in [0.05, 0.1) is 25.0 Å². The minimum absolute atomic E-state index is 0.00353. The Balaban J connectivity index is 1.06. The summed E-state index contributed by atoms with van der Waals surface area (Å²) in [4.78, 5) is 55.1. The second-order valence-corrected chi connectivity index (χ2v) is 14.0. The van der Waals surface area contributed by atoms with E-state index in [1.165, 1.54) is 10.9 Å². The largest absolute Gasteiger partial charge is 0.538 e. The van der Waals surface area contributed by atoms with Crippen LogP contribution in [0.1, 0.15) is 31.9 Å². The van der Waals surface area contributed by atoms with Gasteiger partial charge in [0, 0.05) is 17.4 Å². The monoisotopic (exact) mass is 653 g/mol. The third-order valence-corrected chi connectivity index (χ3v) is 11.0. The van der Waals surface area contributed by atoms with E-state index in [0.29, 0.717) is 19.3 Å². The average molecular weight is 654 g/mol. The number of nitrogen functional groups attached to an aromatic ring is 1. The first-order valence-electron chi connectivity index (χ1n) is 12.7. The lowest BCUT2D eigenvalue weighted by Gasteiger charge is -2.19. The van der Waals surface area contributed by atoms with Gasteiger partial charge < -0.3 is 40.7 Å². The molecular formula is C20H29N7O12P2S. The SMILES string of the molecule is Nc1ncnc2c1ncn2C1OC(COP(=O)(O)OP(=O)(O)OC(=O)CCCC[C@@H]2SCC3NC(=O)NC32)C(O)C1O. The van der Waals surface area contributed by atoms with Gasteiger partial charge >= 0.3 is 27.6 Å². The van der Waals surface area contributed by atoms with Gasteiger partial charge in [-0.3, -0.25) is 18.8 Å². The number of fused-ring (bicyclic) bond motifs is 2. The van der Waals surface area contributed by atoms with Gasteiger partial charge in [-0.05, 0) is 12.8 Å². The number of nitrogens with two attached hydrogens (primary N) is 1. The lowest BCUT2D eigenvalue weighted by molar-refractivity contribution is -0.135. The molecule has 0 radical (unpaired) electrons. The van der Waals surface area contributed by atoms with Crippen LogP contribution in [0.3, 0.4) is 0 Å². The zero-order valence-corrected chi connectivity index (χ0v) is 24.3. The molecule has 0 aliphatic carbocycles. The van der Waals surface area contributed by atoms with Crippen molar-refractivity contribution in [3.05, 3.63) is 12.7 Å². The average Bonchev–Trinajstić information content (AvgIpc) is 3.65. The van der Waals surface area contributed by atoms with E-state index in [1.807, 2.05) is 0 Å². The van der Waals surface area contributed by atoms with Crippen LogP contribution in [0.5, 0.6) is 0 Å². The molecule has 42 heavy (non-hydrogen) atoms. The summed E-state index contributed by atoms with van der Waals surface area (Å²) in [5.41, 5.74) is 6.15. The fraction of sp³-hybridized carbons (Fsp3) is 0.650. The van der Waals surface area contributed by atoms with E-state index < -0.39 is 52.8 Å². The molecule has 0 aromatic carbocycles. The molecule has 3 saturated heterocycles. The number of ether oxygens (including phenoxy) is 1. The first-order chi connectivity index (χ1) is 19.8. The summed E-state index contributed by atoms with van der Waals surface area (Å²) in [5, 5.41) is 26.7. The summed E-state index contributed by atoms with van der Waals surface area (Å²) < 4.78 is 44.6. The quantitative estimate of drug-likeness (QED) is 0.0866. The van der Waals surface area contributed by atoms with Crippen LogP contribution >= 0.6 is 27.4 Å². The topological polar surface area (TPSA) is 280 Å². The van der Waals surface area contributed by atoms with Crippen molar-refractivity contribution in [3.8, 4) is 0 Å². The maximum absolute atomic E-state index is 12.3. The number of aliphatic hydroxyl groups excluding tert-OH is 2. The van der Waals surface area contributed by atoms with E-state index in [4.69, 9.17) is 10.5 Å². The molecular weight excluding hydrogens is 624 g/mol. The Kier molecular flexibility index (Phi) is 9.11. The number of thioether (sulfide) groups is 1. The molecule has 5 rings (SSSR count). The molecule has 3 aliphatic rings. The predicted octanol–water partition coefficient (Wildman–Crippen LogP) is -0.469. The van der Waals surface area contributed by atoms with Crippen molar-refractivity contribution >= 4 is 56.4 Å². The number of urea groups is 1. The number of aromatic nitrogens is 4. The Morgan fingerprint density at radius 3 is 2.74 bits per heavy atom. The van der Waals surface area contributed by atoms with Crippen LogP contribution in [0.15, 0.2) is 12.7 Å². The highest BCUT2D eigenvalue weighted by Gasteiger charge is 2.47.